The summed E-state index contributed by atoms with van der Waals surface area (Å²) in [6.45, 7) is 2.03. The Morgan fingerprint density at radius 1 is 1.58 bits per heavy atom. The molecule has 1 aromatic heterocycles. The Kier molecular flexibility index (Phi) is 5.00. The first-order valence-electron chi connectivity index (χ1n) is 6.12. The van der Waals surface area contributed by atoms with Crippen molar-refractivity contribution in [3.05, 3.63) is 0 Å². The molecule has 1 unspecified atom stereocenters. The van der Waals surface area contributed by atoms with Gasteiger partial charge in [0.25, 0.3) is 10.4 Å². The summed E-state index contributed by atoms with van der Waals surface area (Å²) in [5.74, 6) is 0. The van der Waals surface area contributed by atoms with Crippen molar-refractivity contribution >= 4 is 28.5 Å². The van der Waals surface area contributed by atoms with Crippen LogP contribution in [0.1, 0.15) is 12.8 Å². The SMILES string of the molecule is CN1CCCC(Oc2nc(SC(=O)N(C)C)ns2)C1. The van der Waals surface area contributed by atoms with Crippen LogP contribution in [0.3, 0.4) is 0 Å². The third kappa shape index (κ3) is 4.32. The van der Waals surface area contributed by atoms with Crippen LogP contribution < -0.4 is 4.74 Å². The highest BCUT2D eigenvalue weighted by atomic mass is 32.2. The smallest absolute Gasteiger partial charge is 0.294 e. The number of amides is 1. The Balaban J connectivity index is 1.88. The van der Waals surface area contributed by atoms with Gasteiger partial charge >= 0.3 is 0 Å². The lowest BCUT2D eigenvalue weighted by molar-refractivity contribution is 0.103. The highest BCUT2D eigenvalue weighted by molar-refractivity contribution is 8.13. The van der Waals surface area contributed by atoms with Gasteiger partial charge in [0, 0.05) is 43.9 Å². The van der Waals surface area contributed by atoms with Crippen molar-refractivity contribution in [1.29, 1.82) is 0 Å². The molecule has 0 spiro atoms. The second-order valence-corrected chi connectivity index (χ2v) is 6.38. The number of hydrogen-bond acceptors (Lipinski definition) is 7. The molecule has 1 fully saturated rings. The molecule has 2 heterocycles. The second-order valence-electron chi connectivity index (χ2n) is 4.75. The number of rotatable bonds is 3. The molecule has 0 saturated carbocycles. The fraction of sp³-hybridized carbons (Fsp3) is 0.727. The Labute approximate surface area is 121 Å². The zero-order valence-corrected chi connectivity index (χ0v) is 13.0. The lowest BCUT2D eigenvalue weighted by Crippen LogP contribution is -2.38. The van der Waals surface area contributed by atoms with Crippen LogP contribution >= 0.6 is 23.3 Å². The lowest BCUT2D eigenvalue weighted by Gasteiger charge is -2.28. The van der Waals surface area contributed by atoms with Crippen molar-refractivity contribution in [1.82, 2.24) is 19.2 Å². The standard InChI is InChI=1S/C11H18N4O2S2/c1-14(2)11(16)18-9-12-10(19-13-9)17-8-5-4-6-15(3)7-8/h8H,4-7H2,1-3H3. The number of carbonyl (C=O) groups excluding carboxylic acids is 1. The summed E-state index contributed by atoms with van der Waals surface area (Å²) >= 11 is 2.22. The highest BCUT2D eigenvalue weighted by Gasteiger charge is 2.20. The summed E-state index contributed by atoms with van der Waals surface area (Å²) in [6.07, 6.45) is 2.36. The van der Waals surface area contributed by atoms with E-state index in [1.54, 1.807) is 14.1 Å². The maximum Gasteiger partial charge on any atom is 0.294 e. The number of carbonyl (C=O) groups is 1. The summed E-state index contributed by atoms with van der Waals surface area (Å²) in [4.78, 5) is 19.5. The molecule has 1 atom stereocenters. The summed E-state index contributed by atoms with van der Waals surface area (Å²) in [6, 6.07) is 0. The van der Waals surface area contributed by atoms with E-state index in [-0.39, 0.29) is 11.3 Å². The van der Waals surface area contributed by atoms with Gasteiger partial charge in [-0.25, -0.2) is 0 Å². The molecule has 8 heteroatoms. The van der Waals surface area contributed by atoms with Gasteiger partial charge in [-0.15, -0.1) is 0 Å². The van der Waals surface area contributed by atoms with E-state index in [1.165, 1.54) is 16.4 Å². The van der Waals surface area contributed by atoms with E-state index in [0.29, 0.717) is 10.4 Å². The lowest BCUT2D eigenvalue weighted by atomic mass is 10.1. The number of aromatic nitrogens is 2. The van der Waals surface area contributed by atoms with Gasteiger partial charge in [0.1, 0.15) is 6.10 Å². The van der Waals surface area contributed by atoms with Crippen molar-refractivity contribution < 1.29 is 9.53 Å². The number of ether oxygens (including phenoxy) is 1. The van der Waals surface area contributed by atoms with Gasteiger partial charge in [-0.1, -0.05) is 0 Å². The average Bonchev–Trinajstić information content (AvgIpc) is 2.76. The molecule has 19 heavy (non-hydrogen) atoms. The van der Waals surface area contributed by atoms with E-state index in [4.69, 9.17) is 4.74 Å². The van der Waals surface area contributed by atoms with Crippen LogP contribution in [-0.4, -0.2) is 64.7 Å². The van der Waals surface area contributed by atoms with E-state index in [1.807, 2.05) is 0 Å². The van der Waals surface area contributed by atoms with Crippen LogP contribution in [0.5, 0.6) is 5.19 Å². The number of likely N-dealkylation sites (tertiary alicyclic amines) is 1. The molecule has 1 saturated heterocycles. The second kappa shape index (κ2) is 6.53. The predicted octanol–water partition coefficient (Wildman–Crippen LogP) is 1.78. The van der Waals surface area contributed by atoms with Gasteiger partial charge < -0.3 is 14.5 Å². The maximum absolute atomic E-state index is 11.5. The minimum atomic E-state index is -0.0817. The fourth-order valence-corrected chi connectivity index (χ4v) is 3.10. The van der Waals surface area contributed by atoms with Gasteiger partial charge in [-0.3, -0.25) is 4.79 Å². The highest BCUT2D eigenvalue weighted by Crippen LogP contribution is 2.25. The van der Waals surface area contributed by atoms with Crippen molar-refractivity contribution in [2.45, 2.75) is 24.1 Å². The first-order valence-corrected chi connectivity index (χ1v) is 7.71. The molecular weight excluding hydrogens is 284 g/mol. The summed E-state index contributed by atoms with van der Waals surface area (Å²) in [5, 5.41) is 0.930. The van der Waals surface area contributed by atoms with Gasteiger partial charge in [0.15, 0.2) is 0 Å². The predicted molar refractivity (Wildman–Crippen MR) is 76.0 cm³/mol. The molecule has 0 aromatic carbocycles. The Morgan fingerprint density at radius 3 is 3.05 bits per heavy atom. The van der Waals surface area contributed by atoms with Crippen LogP contribution in [0.25, 0.3) is 0 Å². The van der Waals surface area contributed by atoms with E-state index < -0.39 is 0 Å². The first kappa shape index (κ1) is 14.5. The topological polar surface area (TPSA) is 58.6 Å². The fourth-order valence-electron chi connectivity index (χ4n) is 1.81. The minimum absolute atomic E-state index is 0.0817. The van der Waals surface area contributed by atoms with E-state index in [0.717, 1.165) is 37.7 Å². The van der Waals surface area contributed by atoms with E-state index in [9.17, 15) is 4.79 Å². The third-order valence-electron chi connectivity index (χ3n) is 2.78. The van der Waals surface area contributed by atoms with Gasteiger partial charge in [0.05, 0.1) is 0 Å². The van der Waals surface area contributed by atoms with E-state index >= 15 is 0 Å². The average molecular weight is 302 g/mol. The van der Waals surface area contributed by atoms with Crippen LogP contribution in [0.15, 0.2) is 5.16 Å². The van der Waals surface area contributed by atoms with Gasteiger partial charge in [-0.2, -0.15) is 9.36 Å². The van der Waals surface area contributed by atoms with Gasteiger partial charge in [0.2, 0.25) is 5.16 Å². The maximum atomic E-state index is 11.5. The number of piperidine rings is 1. The molecule has 1 aromatic rings. The molecule has 0 bridgehead atoms. The Morgan fingerprint density at radius 2 is 2.37 bits per heavy atom. The van der Waals surface area contributed by atoms with Crippen LogP contribution in [0.2, 0.25) is 0 Å². The molecular formula is C11H18N4O2S2. The van der Waals surface area contributed by atoms with Crippen molar-refractivity contribution in [3.8, 4) is 5.19 Å². The zero-order chi connectivity index (χ0) is 13.8. The Bertz CT molecular complexity index is 438. The first-order chi connectivity index (χ1) is 9.04. The molecule has 6 nitrogen and oxygen atoms in total. The molecule has 1 aliphatic rings. The molecule has 1 aliphatic heterocycles. The Hall–Kier alpha value is -0.860. The molecule has 0 radical (unpaired) electrons. The summed E-state index contributed by atoms with van der Waals surface area (Å²) in [7, 11) is 5.50. The molecule has 106 valence electrons. The molecule has 0 N–H and O–H groups in total. The molecule has 2 rings (SSSR count). The largest absolute Gasteiger partial charge is 0.464 e. The monoisotopic (exact) mass is 302 g/mol. The third-order valence-corrected chi connectivity index (χ3v) is 4.41. The van der Waals surface area contributed by atoms with E-state index in [2.05, 4.69) is 21.3 Å². The number of thioether (sulfide) groups is 1. The van der Waals surface area contributed by atoms with Crippen LogP contribution in [0, 0.1) is 0 Å². The molecule has 1 amide bonds. The minimum Gasteiger partial charge on any atom is -0.464 e. The van der Waals surface area contributed by atoms with Crippen LogP contribution in [-0.2, 0) is 0 Å². The van der Waals surface area contributed by atoms with Gasteiger partial charge in [-0.05, 0) is 26.4 Å². The summed E-state index contributed by atoms with van der Waals surface area (Å²) in [5.41, 5.74) is 0. The number of hydrogen-bond donors (Lipinski definition) is 0. The van der Waals surface area contributed by atoms with Crippen molar-refractivity contribution in [3.63, 3.8) is 0 Å². The van der Waals surface area contributed by atoms with Crippen LogP contribution in [0.4, 0.5) is 4.79 Å². The number of nitrogens with zero attached hydrogens (tertiary/aromatic N) is 4. The normalized spacial score (nSPS) is 20.3. The summed E-state index contributed by atoms with van der Waals surface area (Å²) < 4.78 is 9.94. The van der Waals surface area contributed by atoms with Crippen molar-refractivity contribution in [2.75, 3.05) is 34.2 Å². The molecule has 0 aliphatic carbocycles. The van der Waals surface area contributed by atoms with Crippen molar-refractivity contribution in [2.24, 2.45) is 0 Å². The quantitative estimate of drug-likeness (QED) is 0.793. The number of likely N-dealkylation sites (N-methyl/N-ethyl adjacent to an activating group) is 1. The zero-order valence-electron chi connectivity index (χ0n) is 11.3.